The molecule has 1 N–H and O–H groups in total. The summed E-state index contributed by atoms with van der Waals surface area (Å²) in [5.74, 6) is -0.757. The molecule has 2 aromatic carbocycles. The molecule has 0 fully saturated rings. The number of amides is 1. The van der Waals surface area contributed by atoms with Crippen LogP contribution < -0.4 is 10.9 Å². The highest BCUT2D eigenvalue weighted by Gasteiger charge is 2.18. The number of carbonyl (C=O) groups is 2. The number of benzene rings is 2. The standard InChI is InChI=1S/C26H25N3O4S/c1-3-4-14-33-26(32)19-10-12-20(13-11-19)28-21(30)15-29-16-27-24-23(25(29)31)22(17(2)34-24)18-8-6-5-7-9-18/h5-13,16H,3-4,14-15H2,1-2H3,(H,28,30). The number of thiophene rings is 1. The minimum absolute atomic E-state index is 0.175. The number of carbonyl (C=O) groups excluding carboxylic acids is 2. The minimum Gasteiger partial charge on any atom is -0.462 e. The lowest BCUT2D eigenvalue weighted by Crippen LogP contribution is -2.27. The van der Waals surface area contributed by atoms with Crippen molar-refractivity contribution in [1.82, 2.24) is 9.55 Å². The van der Waals surface area contributed by atoms with Crippen molar-refractivity contribution < 1.29 is 14.3 Å². The number of aryl methyl sites for hydroxylation is 1. The smallest absolute Gasteiger partial charge is 0.338 e. The van der Waals surface area contributed by atoms with Gasteiger partial charge in [-0.1, -0.05) is 43.7 Å². The van der Waals surface area contributed by atoms with E-state index < -0.39 is 5.97 Å². The van der Waals surface area contributed by atoms with E-state index >= 15 is 0 Å². The first-order valence-electron chi connectivity index (χ1n) is 11.1. The number of anilines is 1. The van der Waals surface area contributed by atoms with E-state index in [1.165, 1.54) is 22.2 Å². The van der Waals surface area contributed by atoms with Gasteiger partial charge in [0.05, 0.1) is 23.9 Å². The number of ether oxygens (including phenoxy) is 1. The van der Waals surface area contributed by atoms with E-state index in [1.54, 1.807) is 24.3 Å². The summed E-state index contributed by atoms with van der Waals surface area (Å²) >= 11 is 1.46. The zero-order valence-electron chi connectivity index (χ0n) is 19.0. The molecule has 174 valence electrons. The van der Waals surface area contributed by atoms with Gasteiger partial charge in [0.1, 0.15) is 11.4 Å². The summed E-state index contributed by atoms with van der Waals surface area (Å²) in [6.07, 6.45) is 3.17. The van der Waals surface area contributed by atoms with Crippen molar-refractivity contribution in [3.05, 3.63) is 81.7 Å². The number of aromatic nitrogens is 2. The molecule has 4 aromatic rings. The molecule has 0 bridgehead atoms. The SMILES string of the molecule is CCCCOC(=O)c1ccc(NC(=O)Cn2cnc3sc(C)c(-c4ccccc4)c3c2=O)cc1. The molecule has 0 radical (unpaired) electrons. The average Bonchev–Trinajstić information content (AvgIpc) is 3.18. The van der Waals surface area contributed by atoms with Gasteiger partial charge in [-0.2, -0.15) is 0 Å². The fourth-order valence-corrected chi connectivity index (χ4v) is 4.64. The third-order valence-electron chi connectivity index (χ3n) is 5.37. The second kappa shape index (κ2) is 10.4. The van der Waals surface area contributed by atoms with Crippen LogP contribution in [0.5, 0.6) is 0 Å². The van der Waals surface area contributed by atoms with Gasteiger partial charge in [-0.05, 0) is 43.2 Å². The normalized spacial score (nSPS) is 10.9. The van der Waals surface area contributed by atoms with E-state index in [9.17, 15) is 14.4 Å². The molecule has 0 atom stereocenters. The second-order valence-electron chi connectivity index (χ2n) is 7.87. The predicted octanol–water partition coefficient (Wildman–Crippen LogP) is 5.03. The van der Waals surface area contributed by atoms with Crippen molar-refractivity contribution in [2.24, 2.45) is 0 Å². The van der Waals surface area contributed by atoms with E-state index in [0.717, 1.165) is 28.8 Å². The quantitative estimate of drug-likeness (QED) is 0.285. The molecule has 0 aliphatic heterocycles. The lowest BCUT2D eigenvalue weighted by Gasteiger charge is -2.09. The molecule has 0 unspecified atom stereocenters. The van der Waals surface area contributed by atoms with Crippen molar-refractivity contribution in [1.29, 1.82) is 0 Å². The highest BCUT2D eigenvalue weighted by atomic mass is 32.1. The number of nitrogens with one attached hydrogen (secondary N) is 1. The Balaban J connectivity index is 1.50. The number of esters is 1. The highest BCUT2D eigenvalue weighted by molar-refractivity contribution is 7.19. The van der Waals surface area contributed by atoms with E-state index in [-0.39, 0.29) is 18.0 Å². The topological polar surface area (TPSA) is 90.3 Å². The Morgan fingerprint density at radius 2 is 1.82 bits per heavy atom. The van der Waals surface area contributed by atoms with Crippen LogP contribution in [-0.4, -0.2) is 28.0 Å². The first kappa shape index (κ1) is 23.4. The van der Waals surface area contributed by atoms with Crippen molar-refractivity contribution in [3.8, 4) is 11.1 Å². The molecular weight excluding hydrogens is 450 g/mol. The molecular formula is C26H25N3O4S. The van der Waals surface area contributed by atoms with E-state index in [1.807, 2.05) is 44.2 Å². The molecule has 0 saturated heterocycles. The number of unbranched alkanes of at least 4 members (excludes halogenated alkanes) is 1. The highest BCUT2D eigenvalue weighted by Crippen LogP contribution is 2.35. The largest absolute Gasteiger partial charge is 0.462 e. The van der Waals surface area contributed by atoms with Crippen LogP contribution >= 0.6 is 11.3 Å². The maximum atomic E-state index is 13.2. The van der Waals surface area contributed by atoms with Gasteiger partial charge in [0.2, 0.25) is 5.91 Å². The second-order valence-corrected chi connectivity index (χ2v) is 9.08. The van der Waals surface area contributed by atoms with Crippen molar-refractivity contribution in [2.45, 2.75) is 33.2 Å². The van der Waals surface area contributed by atoms with Crippen LogP contribution in [0.4, 0.5) is 5.69 Å². The summed E-state index contributed by atoms with van der Waals surface area (Å²) in [7, 11) is 0. The molecule has 2 aromatic heterocycles. The Bertz CT molecular complexity index is 1380. The van der Waals surface area contributed by atoms with Crippen LogP contribution in [0.25, 0.3) is 21.3 Å². The first-order chi connectivity index (χ1) is 16.5. The fraction of sp³-hybridized carbons (Fsp3) is 0.231. The first-order valence-corrected chi connectivity index (χ1v) is 11.9. The van der Waals surface area contributed by atoms with E-state index in [4.69, 9.17) is 4.74 Å². The fourth-order valence-electron chi connectivity index (χ4n) is 3.64. The monoisotopic (exact) mass is 475 g/mol. The van der Waals surface area contributed by atoms with Gasteiger partial charge in [-0.3, -0.25) is 14.2 Å². The van der Waals surface area contributed by atoms with Gasteiger partial charge < -0.3 is 10.1 Å². The number of hydrogen-bond acceptors (Lipinski definition) is 6. The lowest BCUT2D eigenvalue weighted by molar-refractivity contribution is -0.116. The van der Waals surface area contributed by atoms with E-state index in [0.29, 0.717) is 28.1 Å². The summed E-state index contributed by atoms with van der Waals surface area (Å²) in [6, 6.07) is 16.2. The van der Waals surface area contributed by atoms with Crippen LogP contribution in [0, 0.1) is 6.92 Å². The Morgan fingerprint density at radius 3 is 2.53 bits per heavy atom. The predicted molar refractivity (Wildman–Crippen MR) is 134 cm³/mol. The zero-order valence-corrected chi connectivity index (χ0v) is 19.9. The summed E-state index contributed by atoms with van der Waals surface area (Å²) in [4.78, 5) is 44.0. The van der Waals surface area contributed by atoms with Crippen LogP contribution in [0.15, 0.2) is 65.7 Å². The van der Waals surface area contributed by atoms with Gasteiger partial charge in [-0.15, -0.1) is 11.3 Å². The summed E-state index contributed by atoms with van der Waals surface area (Å²) in [6.45, 7) is 4.20. The van der Waals surface area contributed by atoms with Crippen molar-refractivity contribution in [3.63, 3.8) is 0 Å². The van der Waals surface area contributed by atoms with Gasteiger partial charge in [0.25, 0.3) is 5.56 Å². The molecule has 2 heterocycles. The summed E-state index contributed by atoms with van der Waals surface area (Å²) in [5.41, 5.74) is 2.48. The molecule has 0 aliphatic rings. The number of hydrogen-bond donors (Lipinski definition) is 1. The van der Waals surface area contributed by atoms with Crippen LogP contribution in [0.1, 0.15) is 35.0 Å². The van der Waals surface area contributed by atoms with E-state index in [2.05, 4.69) is 10.3 Å². The van der Waals surface area contributed by atoms with Gasteiger partial charge in [-0.25, -0.2) is 9.78 Å². The maximum absolute atomic E-state index is 13.2. The zero-order chi connectivity index (χ0) is 24.1. The van der Waals surface area contributed by atoms with Crippen LogP contribution in [0.2, 0.25) is 0 Å². The minimum atomic E-state index is -0.391. The van der Waals surface area contributed by atoms with Crippen LogP contribution in [-0.2, 0) is 16.1 Å². The van der Waals surface area contributed by atoms with Crippen molar-refractivity contribution in [2.75, 3.05) is 11.9 Å². The molecule has 34 heavy (non-hydrogen) atoms. The van der Waals surface area contributed by atoms with Gasteiger partial charge in [0, 0.05) is 16.1 Å². The maximum Gasteiger partial charge on any atom is 0.338 e. The Morgan fingerprint density at radius 1 is 1.09 bits per heavy atom. The third kappa shape index (κ3) is 5.07. The molecule has 0 spiro atoms. The number of nitrogens with zero attached hydrogens (tertiary/aromatic N) is 2. The molecule has 4 rings (SSSR count). The Labute approximate surface area is 201 Å². The lowest BCUT2D eigenvalue weighted by atomic mass is 10.0. The molecule has 0 aliphatic carbocycles. The van der Waals surface area contributed by atoms with Crippen molar-refractivity contribution >= 4 is 39.1 Å². The number of rotatable bonds is 8. The molecule has 1 amide bonds. The Kier molecular flexibility index (Phi) is 7.18. The van der Waals surface area contributed by atoms with Crippen LogP contribution in [0.3, 0.4) is 0 Å². The number of fused-ring (bicyclic) bond motifs is 1. The van der Waals surface area contributed by atoms with Gasteiger partial charge in [0.15, 0.2) is 0 Å². The molecule has 0 saturated carbocycles. The molecule has 7 nitrogen and oxygen atoms in total. The Hall–Kier alpha value is -3.78. The molecule has 8 heteroatoms. The average molecular weight is 476 g/mol. The van der Waals surface area contributed by atoms with Gasteiger partial charge >= 0.3 is 5.97 Å². The summed E-state index contributed by atoms with van der Waals surface area (Å²) < 4.78 is 6.50. The third-order valence-corrected chi connectivity index (χ3v) is 6.38. The summed E-state index contributed by atoms with van der Waals surface area (Å²) in [5, 5.41) is 3.28.